The largest absolute Gasteiger partial charge is 0.377 e. The van der Waals surface area contributed by atoms with E-state index in [1.54, 1.807) is 7.11 Å². The second-order valence-electron chi connectivity index (χ2n) is 5.20. The maximum atomic E-state index is 12.1. The number of benzene rings is 1. The van der Waals surface area contributed by atoms with Gasteiger partial charge in [-0.15, -0.1) is 0 Å². The molecule has 1 saturated heterocycles. The highest BCUT2D eigenvalue weighted by Gasteiger charge is 2.28. The summed E-state index contributed by atoms with van der Waals surface area (Å²) in [5.74, 6) is 0.597. The van der Waals surface area contributed by atoms with Crippen molar-refractivity contribution < 1.29 is 9.53 Å². The summed E-state index contributed by atoms with van der Waals surface area (Å²) in [4.78, 5) is 12.1. The van der Waals surface area contributed by atoms with Crippen LogP contribution in [0.25, 0.3) is 0 Å². The summed E-state index contributed by atoms with van der Waals surface area (Å²) in [7, 11) is 1.68. The Labute approximate surface area is 114 Å². The first-order valence-electron chi connectivity index (χ1n) is 6.76. The topological polar surface area (TPSA) is 50.4 Å². The average Bonchev–Trinajstić information content (AvgIpc) is 2.36. The predicted octanol–water partition coefficient (Wildman–Crippen LogP) is 2.19. The monoisotopic (exact) mass is 262 g/mol. The minimum Gasteiger partial charge on any atom is -0.377 e. The highest BCUT2D eigenvalue weighted by atomic mass is 16.5. The molecule has 104 valence electrons. The van der Waals surface area contributed by atoms with Gasteiger partial charge in [0.1, 0.15) is 0 Å². The Morgan fingerprint density at radius 3 is 2.74 bits per heavy atom. The number of methoxy groups -OCH3 is 1. The van der Waals surface area contributed by atoms with Crippen LogP contribution in [0.15, 0.2) is 24.3 Å². The number of amides is 1. The number of carbonyl (C=O) groups is 1. The van der Waals surface area contributed by atoms with Crippen LogP contribution >= 0.6 is 0 Å². The van der Waals surface area contributed by atoms with Crippen LogP contribution in [0.3, 0.4) is 0 Å². The third-order valence-electron chi connectivity index (χ3n) is 3.91. The van der Waals surface area contributed by atoms with Gasteiger partial charge in [0.2, 0.25) is 5.91 Å². The first kappa shape index (κ1) is 14.0. The summed E-state index contributed by atoms with van der Waals surface area (Å²) in [5.41, 5.74) is 1.91. The number of carbonyl (C=O) groups excluding carboxylic acids is 1. The fourth-order valence-electron chi connectivity index (χ4n) is 2.14. The Balaban J connectivity index is 2.00. The molecule has 1 aromatic carbocycles. The third-order valence-corrected chi connectivity index (χ3v) is 3.91. The smallest absolute Gasteiger partial charge is 0.227 e. The van der Waals surface area contributed by atoms with Crippen molar-refractivity contribution in [3.63, 3.8) is 0 Å². The van der Waals surface area contributed by atoms with Gasteiger partial charge in [-0.3, -0.25) is 4.79 Å². The van der Waals surface area contributed by atoms with E-state index in [1.165, 1.54) is 0 Å². The van der Waals surface area contributed by atoms with Gasteiger partial charge < -0.3 is 15.4 Å². The summed E-state index contributed by atoms with van der Waals surface area (Å²) in [6.07, 6.45) is 0.0325. The predicted molar refractivity (Wildman–Crippen MR) is 76.0 cm³/mol. The molecule has 1 aliphatic rings. The fraction of sp³-hybridized carbons (Fsp3) is 0.533. The fourth-order valence-corrected chi connectivity index (χ4v) is 2.14. The van der Waals surface area contributed by atoms with Crippen molar-refractivity contribution in [3.8, 4) is 0 Å². The second-order valence-corrected chi connectivity index (χ2v) is 5.20. The standard InChI is InChI=1S/C15H22N2O2/c1-10(13-8-16-9-13)15(18)17-14-6-4-5-12(7-14)11(2)19-3/h4-7,10-11,13,16H,8-9H2,1-3H3,(H,17,18). The van der Waals surface area contributed by atoms with Gasteiger partial charge in [0.25, 0.3) is 0 Å². The van der Waals surface area contributed by atoms with Crippen molar-refractivity contribution >= 4 is 11.6 Å². The zero-order valence-electron chi connectivity index (χ0n) is 11.8. The molecule has 1 fully saturated rings. The SMILES string of the molecule is COC(C)c1cccc(NC(=O)C(C)C2CNC2)c1. The molecule has 1 aromatic rings. The van der Waals surface area contributed by atoms with Crippen LogP contribution in [0.5, 0.6) is 0 Å². The molecule has 0 aromatic heterocycles. The number of nitrogens with one attached hydrogen (secondary N) is 2. The Kier molecular flexibility index (Phi) is 4.56. The van der Waals surface area contributed by atoms with Crippen molar-refractivity contribution in [2.45, 2.75) is 20.0 Å². The number of hydrogen-bond acceptors (Lipinski definition) is 3. The molecule has 1 heterocycles. The van der Waals surface area contributed by atoms with Crippen molar-refractivity contribution in [3.05, 3.63) is 29.8 Å². The van der Waals surface area contributed by atoms with Crippen molar-refractivity contribution in [1.82, 2.24) is 5.32 Å². The zero-order valence-corrected chi connectivity index (χ0v) is 11.8. The van der Waals surface area contributed by atoms with Crippen LogP contribution in [0.4, 0.5) is 5.69 Å². The number of rotatable bonds is 5. The summed E-state index contributed by atoms with van der Waals surface area (Å²) >= 11 is 0. The minimum absolute atomic E-state index is 0.0325. The molecule has 2 N–H and O–H groups in total. The van der Waals surface area contributed by atoms with Crippen molar-refractivity contribution in [2.75, 3.05) is 25.5 Å². The van der Waals surface area contributed by atoms with Gasteiger partial charge in [-0.05, 0) is 43.6 Å². The van der Waals surface area contributed by atoms with Crippen LogP contribution in [0.1, 0.15) is 25.5 Å². The van der Waals surface area contributed by atoms with Gasteiger partial charge >= 0.3 is 0 Å². The van der Waals surface area contributed by atoms with E-state index in [1.807, 2.05) is 38.1 Å². The maximum absolute atomic E-state index is 12.1. The molecule has 0 spiro atoms. The molecule has 0 aliphatic carbocycles. The molecular formula is C15H22N2O2. The number of hydrogen-bond donors (Lipinski definition) is 2. The van der Waals surface area contributed by atoms with Crippen LogP contribution in [-0.4, -0.2) is 26.1 Å². The summed E-state index contributed by atoms with van der Waals surface area (Å²) in [6, 6.07) is 7.83. The second kappa shape index (κ2) is 6.17. The molecule has 2 atom stereocenters. The average molecular weight is 262 g/mol. The third kappa shape index (κ3) is 3.33. The lowest BCUT2D eigenvalue weighted by atomic mass is 9.88. The van der Waals surface area contributed by atoms with E-state index >= 15 is 0 Å². The van der Waals surface area contributed by atoms with E-state index in [0.717, 1.165) is 24.3 Å². The normalized spacial score (nSPS) is 18.5. The van der Waals surface area contributed by atoms with Crippen molar-refractivity contribution in [2.24, 2.45) is 11.8 Å². The number of ether oxygens (including phenoxy) is 1. The van der Waals surface area contributed by atoms with E-state index < -0.39 is 0 Å². The lowest BCUT2D eigenvalue weighted by Gasteiger charge is -2.31. The zero-order chi connectivity index (χ0) is 13.8. The molecule has 2 rings (SSSR count). The Morgan fingerprint density at radius 2 is 2.16 bits per heavy atom. The Morgan fingerprint density at radius 1 is 1.42 bits per heavy atom. The molecular weight excluding hydrogens is 240 g/mol. The van der Waals surface area contributed by atoms with Crippen LogP contribution < -0.4 is 10.6 Å². The summed E-state index contributed by atoms with van der Waals surface area (Å²) in [6.45, 7) is 5.86. The Bertz CT molecular complexity index is 444. The van der Waals surface area contributed by atoms with Gasteiger partial charge in [0.15, 0.2) is 0 Å². The first-order valence-corrected chi connectivity index (χ1v) is 6.76. The quantitative estimate of drug-likeness (QED) is 0.855. The van der Waals surface area contributed by atoms with Crippen LogP contribution in [-0.2, 0) is 9.53 Å². The molecule has 1 aliphatic heterocycles. The minimum atomic E-state index is 0.0325. The van der Waals surface area contributed by atoms with Crippen LogP contribution in [0.2, 0.25) is 0 Å². The number of anilines is 1. The maximum Gasteiger partial charge on any atom is 0.227 e. The molecule has 19 heavy (non-hydrogen) atoms. The van der Waals surface area contributed by atoms with Crippen molar-refractivity contribution in [1.29, 1.82) is 0 Å². The van der Waals surface area contributed by atoms with E-state index in [2.05, 4.69) is 10.6 Å². The molecule has 2 unspecified atom stereocenters. The van der Waals surface area contributed by atoms with Gasteiger partial charge in [0, 0.05) is 18.7 Å². The molecule has 0 radical (unpaired) electrons. The Hall–Kier alpha value is -1.39. The van der Waals surface area contributed by atoms with Gasteiger partial charge in [0.05, 0.1) is 6.10 Å². The highest BCUT2D eigenvalue weighted by molar-refractivity contribution is 5.92. The van der Waals surface area contributed by atoms with Gasteiger partial charge in [-0.25, -0.2) is 0 Å². The van der Waals surface area contributed by atoms with Crippen LogP contribution in [0, 0.1) is 11.8 Å². The lowest BCUT2D eigenvalue weighted by Crippen LogP contribution is -2.48. The van der Waals surface area contributed by atoms with E-state index in [0.29, 0.717) is 5.92 Å². The van der Waals surface area contributed by atoms with Gasteiger partial charge in [-0.2, -0.15) is 0 Å². The highest BCUT2D eigenvalue weighted by Crippen LogP contribution is 2.22. The summed E-state index contributed by atoms with van der Waals surface area (Å²) < 4.78 is 5.29. The summed E-state index contributed by atoms with van der Waals surface area (Å²) in [5, 5.41) is 6.18. The van der Waals surface area contributed by atoms with E-state index in [-0.39, 0.29) is 17.9 Å². The van der Waals surface area contributed by atoms with E-state index in [9.17, 15) is 4.79 Å². The van der Waals surface area contributed by atoms with E-state index in [4.69, 9.17) is 4.74 Å². The molecule has 1 amide bonds. The lowest BCUT2D eigenvalue weighted by molar-refractivity contribution is -0.121. The molecule has 4 nitrogen and oxygen atoms in total. The molecule has 4 heteroatoms. The molecule has 0 bridgehead atoms. The van der Waals surface area contributed by atoms with Gasteiger partial charge in [-0.1, -0.05) is 19.1 Å². The molecule has 0 saturated carbocycles. The first-order chi connectivity index (χ1) is 9.11.